The van der Waals surface area contributed by atoms with Gasteiger partial charge in [0.05, 0.1) is 53.1 Å². The second kappa shape index (κ2) is 42.7. The minimum Gasteiger partial charge on any atom is -0.756 e. The number of likely N-dealkylation sites (N-methyl/N-ethyl adjacent to an activating group) is 1. The Morgan fingerprint density at radius 2 is 0.961 bits per heavy atom. The summed E-state index contributed by atoms with van der Waals surface area (Å²) in [6.45, 7) is 2.92. The molecule has 2 rings (SSSR count). The molecule has 18 nitrogen and oxygen atoms in total. The maximum atomic E-state index is 13.3. The average molecular weight is 1110 g/mol. The highest BCUT2D eigenvalue weighted by Crippen LogP contribution is 2.39. The van der Waals surface area contributed by atoms with Gasteiger partial charge in [-0.2, -0.15) is 0 Å². The molecule has 76 heavy (non-hydrogen) atoms. The Morgan fingerprint density at radius 1 is 0.566 bits per heavy atom. The lowest BCUT2D eigenvalue weighted by atomic mass is 9.98. The van der Waals surface area contributed by atoms with Crippen LogP contribution in [0.4, 0.5) is 0 Å². The number of unbranched alkanes of at least 4 members (excludes halogenated alkanes) is 29. The fourth-order valence-corrected chi connectivity index (χ4v) is 10.3. The van der Waals surface area contributed by atoms with E-state index in [0.29, 0.717) is 17.4 Å². The number of hydrogen-bond donors (Lipinski definition) is 8. The summed E-state index contributed by atoms with van der Waals surface area (Å²) < 4.78 is 45.6. The van der Waals surface area contributed by atoms with E-state index in [2.05, 4.69) is 19.2 Å². The number of allylic oxidation sites excluding steroid dienone is 1. The molecule has 2 saturated heterocycles. The van der Waals surface area contributed by atoms with Crippen molar-refractivity contribution in [2.45, 2.75) is 293 Å². The second-order valence-corrected chi connectivity index (χ2v) is 24.2. The van der Waals surface area contributed by atoms with E-state index in [9.17, 15) is 50.0 Å². The minimum absolute atomic E-state index is 0.174. The number of phosphoric ester groups is 1. The Balaban J connectivity index is 1.90. The number of quaternary nitrogens is 1. The van der Waals surface area contributed by atoms with Crippen LogP contribution in [0.3, 0.4) is 0 Å². The maximum Gasteiger partial charge on any atom is 0.268 e. The number of carbonyl (C=O) groups is 1. The summed E-state index contributed by atoms with van der Waals surface area (Å²) >= 11 is 0. The lowest BCUT2D eigenvalue weighted by molar-refractivity contribution is -0.870. The molecule has 0 aromatic rings. The van der Waals surface area contributed by atoms with E-state index in [4.69, 9.17) is 28.0 Å². The van der Waals surface area contributed by atoms with Crippen LogP contribution in [0.1, 0.15) is 219 Å². The van der Waals surface area contributed by atoms with E-state index in [1.54, 1.807) is 6.08 Å². The topological polar surface area (TPSA) is 266 Å². The first-order chi connectivity index (χ1) is 36.4. The molecule has 2 aliphatic rings. The van der Waals surface area contributed by atoms with E-state index in [-0.39, 0.29) is 25.5 Å². The van der Waals surface area contributed by atoms with E-state index in [0.717, 1.165) is 44.9 Å². The predicted octanol–water partition coefficient (Wildman–Crippen LogP) is 7.77. The van der Waals surface area contributed by atoms with Crippen molar-refractivity contribution in [1.82, 2.24) is 5.32 Å². The molecule has 2 fully saturated rings. The van der Waals surface area contributed by atoms with Gasteiger partial charge in [-0.15, -0.1) is 0 Å². The van der Waals surface area contributed by atoms with Crippen LogP contribution in [0.5, 0.6) is 0 Å². The first-order valence-corrected chi connectivity index (χ1v) is 31.5. The molecule has 2 heterocycles. The molecule has 0 spiro atoms. The van der Waals surface area contributed by atoms with Gasteiger partial charge in [-0.25, -0.2) is 0 Å². The molecular formula is C57H111N2O16P. The van der Waals surface area contributed by atoms with Crippen molar-refractivity contribution in [2.75, 3.05) is 54.1 Å². The van der Waals surface area contributed by atoms with Gasteiger partial charge < -0.3 is 78.4 Å². The molecule has 8 N–H and O–H groups in total. The van der Waals surface area contributed by atoms with Gasteiger partial charge in [0.15, 0.2) is 12.6 Å². The van der Waals surface area contributed by atoms with Gasteiger partial charge in [0.2, 0.25) is 5.91 Å². The van der Waals surface area contributed by atoms with E-state index in [1.165, 1.54) is 148 Å². The quantitative estimate of drug-likeness (QED) is 0.0125. The average Bonchev–Trinajstić information content (AvgIpc) is 3.38. The standard InChI is InChI=1S/C57H111N2O16P/c1-6-8-10-12-14-16-18-20-21-22-23-24-25-27-29-31-33-35-37-39-49(61)58-45(46(60)38-36-34-32-30-28-26-19-17-15-13-11-9-7-2)42-70-56-54(66)52(64)50(62)47(74-56)43-71-57-55(67)53(65)51(63)48(75-57)44-73-76(68,69)72-41-40-59(3,4)5/h36,38,45-48,50-57,60,62-67H,6-35,37,39-44H2,1-5H3,(H-,58,61,68,69)/b38-36+/t45-,46+,47+,48+,50-,51-,52-,53-,54+,55+,56+,57+/m0/s1. The van der Waals surface area contributed by atoms with E-state index < -0.39 is 94.6 Å². The Morgan fingerprint density at radius 3 is 1.39 bits per heavy atom. The molecule has 450 valence electrons. The first-order valence-electron chi connectivity index (χ1n) is 30.1. The third-order valence-corrected chi connectivity index (χ3v) is 15.6. The lowest BCUT2D eigenvalue weighted by Crippen LogP contribution is -2.62. The van der Waals surface area contributed by atoms with Crippen molar-refractivity contribution < 1.29 is 82.5 Å². The number of nitrogens with zero attached hydrogens (tertiary/aromatic N) is 1. The zero-order valence-electron chi connectivity index (χ0n) is 47.9. The van der Waals surface area contributed by atoms with Crippen LogP contribution in [0, 0.1) is 0 Å². The smallest absolute Gasteiger partial charge is 0.268 e. The van der Waals surface area contributed by atoms with Gasteiger partial charge in [0.1, 0.15) is 62.0 Å². The molecule has 0 aromatic heterocycles. The van der Waals surface area contributed by atoms with Crippen molar-refractivity contribution >= 4 is 13.7 Å². The molecule has 0 aromatic carbocycles. The van der Waals surface area contributed by atoms with Crippen molar-refractivity contribution in [3.63, 3.8) is 0 Å². The summed E-state index contributed by atoms with van der Waals surface area (Å²) in [7, 11) is 0.683. The van der Waals surface area contributed by atoms with Gasteiger partial charge >= 0.3 is 0 Å². The highest BCUT2D eigenvalue weighted by atomic mass is 31.2. The van der Waals surface area contributed by atoms with Gasteiger partial charge in [0, 0.05) is 6.42 Å². The molecule has 0 bridgehead atoms. The van der Waals surface area contributed by atoms with Gasteiger partial charge in [-0.1, -0.05) is 206 Å². The number of phosphoric acid groups is 1. The summed E-state index contributed by atoms with van der Waals surface area (Å²) in [6.07, 6.45) is 23.6. The zero-order valence-corrected chi connectivity index (χ0v) is 48.8. The summed E-state index contributed by atoms with van der Waals surface area (Å²) in [5, 5.41) is 78.7. The second-order valence-electron chi connectivity index (χ2n) is 22.8. The highest BCUT2D eigenvalue weighted by molar-refractivity contribution is 7.45. The van der Waals surface area contributed by atoms with Gasteiger partial charge in [0.25, 0.3) is 7.82 Å². The van der Waals surface area contributed by atoms with E-state index >= 15 is 0 Å². The highest BCUT2D eigenvalue weighted by Gasteiger charge is 2.48. The molecule has 0 aliphatic carbocycles. The number of ether oxygens (including phenoxy) is 4. The van der Waals surface area contributed by atoms with Crippen molar-refractivity contribution in [2.24, 2.45) is 0 Å². The maximum absolute atomic E-state index is 13.3. The summed E-state index contributed by atoms with van der Waals surface area (Å²) in [4.78, 5) is 25.7. The Bertz CT molecular complexity index is 1500. The normalized spacial score (nSPS) is 26.0. The number of nitrogens with one attached hydrogen (secondary N) is 1. The molecule has 0 saturated carbocycles. The molecule has 19 heteroatoms. The number of hydrogen-bond acceptors (Lipinski definition) is 16. The Kier molecular flexibility index (Phi) is 39.8. The van der Waals surface area contributed by atoms with Crippen LogP contribution >= 0.6 is 7.82 Å². The van der Waals surface area contributed by atoms with Gasteiger partial charge in [-0.3, -0.25) is 9.36 Å². The molecule has 0 radical (unpaired) electrons. The molecule has 1 amide bonds. The first kappa shape index (κ1) is 70.9. The largest absolute Gasteiger partial charge is 0.756 e. The zero-order chi connectivity index (χ0) is 56.0. The summed E-state index contributed by atoms with van der Waals surface area (Å²) in [5.74, 6) is -0.266. The number of aliphatic hydroxyl groups is 7. The Hall–Kier alpha value is -1.16. The summed E-state index contributed by atoms with van der Waals surface area (Å²) in [6, 6.07) is -0.957. The fourth-order valence-electron chi connectivity index (χ4n) is 9.57. The lowest BCUT2D eigenvalue weighted by Gasteiger charge is -2.43. The minimum atomic E-state index is -4.85. The van der Waals surface area contributed by atoms with Crippen LogP contribution < -0.4 is 10.2 Å². The fraction of sp³-hybridized carbons (Fsp3) is 0.947. The molecule has 2 aliphatic heterocycles. The third kappa shape index (κ3) is 32.9. The predicted molar refractivity (Wildman–Crippen MR) is 294 cm³/mol. The molecule has 1 unspecified atom stereocenters. The third-order valence-electron chi connectivity index (χ3n) is 14.7. The van der Waals surface area contributed by atoms with Crippen LogP contribution in [0.25, 0.3) is 0 Å². The Labute approximate surface area is 459 Å². The molecule has 13 atom stereocenters. The van der Waals surface area contributed by atoms with Crippen molar-refractivity contribution in [3.05, 3.63) is 12.2 Å². The van der Waals surface area contributed by atoms with Gasteiger partial charge in [-0.05, 0) is 19.3 Å². The van der Waals surface area contributed by atoms with Crippen LogP contribution in [0.2, 0.25) is 0 Å². The van der Waals surface area contributed by atoms with Crippen LogP contribution in [0.15, 0.2) is 12.2 Å². The number of carbonyl (C=O) groups excluding carboxylic acids is 1. The number of rotatable bonds is 48. The SMILES string of the molecule is CCCCCCCCCCCCC/C=C/[C@@H](O)[C@H](CO[C@@H]1O[C@H](CO[C@@H]2O[C@H](COP(=O)([O-])OCC[N+](C)(C)C)[C@H](O)[C@H](O)[C@H]2O)[C@H](O)[C@H](O)[C@H]1O)NC(=O)CCCCCCCCCCCCCCCCCCCCC. The number of aliphatic hydroxyl groups excluding tert-OH is 7. The summed E-state index contributed by atoms with van der Waals surface area (Å²) in [5.41, 5.74) is 0. The van der Waals surface area contributed by atoms with Crippen molar-refractivity contribution in [1.29, 1.82) is 0 Å². The molecular weight excluding hydrogens is 1000 g/mol. The van der Waals surface area contributed by atoms with Crippen molar-refractivity contribution in [3.8, 4) is 0 Å². The number of amides is 1. The van der Waals surface area contributed by atoms with E-state index in [1.807, 2.05) is 27.2 Å². The van der Waals surface area contributed by atoms with Crippen LogP contribution in [-0.4, -0.2) is 174 Å². The monoisotopic (exact) mass is 1110 g/mol. The van der Waals surface area contributed by atoms with Crippen LogP contribution in [-0.2, 0) is 37.4 Å².